The van der Waals surface area contributed by atoms with Crippen LogP contribution >= 0.6 is 0 Å². The van der Waals surface area contributed by atoms with Gasteiger partial charge in [0.1, 0.15) is 17.1 Å². The summed E-state index contributed by atoms with van der Waals surface area (Å²) in [4.78, 5) is 4.87. The molecule has 1 aromatic heterocycles. The van der Waals surface area contributed by atoms with Crippen molar-refractivity contribution in [2.45, 2.75) is 77.6 Å². The molecule has 0 bridgehead atoms. The van der Waals surface area contributed by atoms with Crippen LogP contribution in [-0.4, -0.2) is 0 Å². The van der Waals surface area contributed by atoms with Gasteiger partial charge in [-0.05, 0) is 138 Å². The molecule has 324 valence electrons. The van der Waals surface area contributed by atoms with Gasteiger partial charge in [0.05, 0.1) is 22.8 Å². The van der Waals surface area contributed by atoms with E-state index in [1.165, 1.54) is 74.7 Å². The first-order chi connectivity index (χ1) is 32.6. The largest absolute Gasteiger partial charge is 0.459 e. The van der Waals surface area contributed by atoms with Crippen LogP contribution in [0, 0.1) is 0 Å². The minimum Gasteiger partial charge on any atom is -0.459 e. The van der Waals surface area contributed by atoms with Gasteiger partial charge >= 0.3 is 0 Å². The van der Waals surface area contributed by atoms with Crippen molar-refractivity contribution in [1.82, 2.24) is 0 Å². The smallest absolute Gasteiger partial charge is 0.159 e. The lowest BCUT2D eigenvalue weighted by Crippen LogP contribution is -2.19. The van der Waals surface area contributed by atoms with Gasteiger partial charge in [-0.2, -0.15) is 0 Å². The third kappa shape index (κ3) is 6.65. The molecule has 12 rings (SSSR count). The number of benzene rings is 9. The van der Waals surface area contributed by atoms with Crippen molar-refractivity contribution >= 4 is 82.7 Å². The Balaban J connectivity index is 1.08. The number of furan rings is 1. The normalized spacial score (nSPS) is 15.0. The minimum absolute atomic E-state index is 0.527. The summed E-state index contributed by atoms with van der Waals surface area (Å²) < 4.78 is 13.5. The van der Waals surface area contributed by atoms with Crippen molar-refractivity contribution in [1.29, 1.82) is 0 Å². The number of ether oxygens (including phenoxy) is 1. The van der Waals surface area contributed by atoms with Crippen LogP contribution in [0.1, 0.15) is 87.8 Å². The zero-order valence-corrected chi connectivity index (χ0v) is 38.1. The van der Waals surface area contributed by atoms with Gasteiger partial charge in [-0.1, -0.05) is 142 Å². The molecule has 0 unspecified atom stereocenters. The summed E-state index contributed by atoms with van der Waals surface area (Å²) in [5.41, 5.74) is 12.3. The molecule has 9 aromatic carbocycles. The maximum atomic E-state index is 6.79. The molecular formula is C62H54N2O2. The molecule has 1 saturated carbocycles. The van der Waals surface area contributed by atoms with E-state index >= 15 is 0 Å². The highest BCUT2D eigenvalue weighted by atomic mass is 16.5. The average molecular weight is 859 g/mol. The third-order valence-electron chi connectivity index (χ3n) is 14.7. The first-order valence-electron chi connectivity index (χ1n) is 24.1. The van der Waals surface area contributed by atoms with E-state index in [-0.39, 0.29) is 0 Å². The van der Waals surface area contributed by atoms with E-state index in [0.29, 0.717) is 11.8 Å². The maximum absolute atomic E-state index is 6.79. The van der Waals surface area contributed by atoms with Crippen LogP contribution < -0.4 is 14.5 Å². The number of nitrogens with zero attached hydrogens (tertiary/aromatic N) is 2. The number of allylic oxidation sites excluding steroid dienone is 3. The Hall–Kier alpha value is -7.30. The van der Waals surface area contributed by atoms with Crippen LogP contribution in [0.5, 0.6) is 5.75 Å². The summed E-state index contributed by atoms with van der Waals surface area (Å²) in [7, 11) is 0. The highest BCUT2D eigenvalue weighted by Crippen LogP contribution is 2.50. The van der Waals surface area contributed by atoms with Crippen LogP contribution in [0.2, 0.25) is 0 Å². The van der Waals surface area contributed by atoms with Gasteiger partial charge in [0.2, 0.25) is 0 Å². The fourth-order valence-corrected chi connectivity index (χ4v) is 11.4. The lowest BCUT2D eigenvalue weighted by molar-refractivity contribution is 0.440. The first kappa shape index (κ1) is 40.2. The number of hydrogen-bond acceptors (Lipinski definition) is 4. The Morgan fingerprint density at radius 3 is 1.98 bits per heavy atom. The highest BCUT2D eigenvalue weighted by molar-refractivity contribution is 6.28. The minimum atomic E-state index is 0.527. The zero-order chi connectivity index (χ0) is 44.3. The van der Waals surface area contributed by atoms with Crippen LogP contribution in [0.3, 0.4) is 0 Å². The molecule has 1 aliphatic carbocycles. The number of para-hydroxylation sites is 3. The molecule has 0 atom stereocenters. The molecule has 0 N–H and O–H groups in total. The second kappa shape index (κ2) is 16.6. The Bertz CT molecular complexity index is 3450. The van der Waals surface area contributed by atoms with Crippen LogP contribution in [-0.2, 0) is 6.42 Å². The molecule has 2 heterocycles. The van der Waals surface area contributed by atoms with E-state index in [2.05, 4.69) is 207 Å². The maximum Gasteiger partial charge on any atom is 0.159 e. The topological polar surface area (TPSA) is 28.9 Å². The van der Waals surface area contributed by atoms with E-state index < -0.39 is 0 Å². The molecule has 1 aliphatic heterocycles. The lowest BCUT2D eigenvalue weighted by Gasteiger charge is -2.30. The standard InChI is InChI=1S/C62H54N2O2/c1-4-14-55(59-39-46-17-9-11-21-57(46)65-59)63(47-33-25-43(26-34-47)41-15-7-8-16-41)53-37-29-44-28-36-52-54(38-30-45-27-35-51(53)60(44)61(45)52)64(48-31-23-42(24-32-48)40(5-2)6-3)56-20-13-19-50-49-18-10-12-22-58(49)66-62(50)56/h4,9-14,17-38,40-41H,5-8,15-16,39H2,1-3H3/b14-4-,59-55-. The lowest BCUT2D eigenvalue weighted by atomic mass is 9.91. The zero-order valence-electron chi connectivity index (χ0n) is 38.1. The Kier molecular flexibility index (Phi) is 10.1. The Labute approximate surface area is 387 Å². The van der Waals surface area contributed by atoms with Crippen molar-refractivity contribution in [3.63, 3.8) is 0 Å². The van der Waals surface area contributed by atoms with Crippen LogP contribution in [0.25, 0.3) is 54.3 Å². The Morgan fingerprint density at radius 2 is 1.26 bits per heavy atom. The monoisotopic (exact) mass is 858 g/mol. The number of fused-ring (bicyclic) bond motifs is 4. The fraction of sp³-hybridized carbons (Fsp3) is 0.194. The molecule has 0 spiro atoms. The molecular weight excluding hydrogens is 805 g/mol. The molecule has 4 heteroatoms. The van der Waals surface area contributed by atoms with E-state index in [0.717, 1.165) is 86.8 Å². The van der Waals surface area contributed by atoms with Gasteiger partial charge in [-0.15, -0.1) is 0 Å². The van der Waals surface area contributed by atoms with Gasteiger partial charge in [0, 0.05) is 44.9 Å². The molecule has 10 aromatic rings. The predicted molar refractivity (Wildman–Crippen MR) is 278 cm³/mol. The van der Waals surface area contributed by atoms with Gasteiger partial charge < -0.3 is 19.0 Å². The molecule has 2 aliphatic rings. The van der Waals surface area contributed by atoms with Gasteiger partial charge in [0.25, 0.3) is 0 Å². The highest BCUT2D eigenvalue weighted by Gasteiger charge is 2.28. The SMILES string of the molecule is C/C=C\C(=C1/Cc2ccccc2O1)N(c1ccc(C2CCCC2)cc1)c1ccc2ccc3c(N(c4ccc(C(CC)CC)cc4)c4cccc5c4oc4ccccc45)ccc4ccc1c2c43. The molecule has 0 saturated heterocycles. The average Bonchev–Trinajstić information content (AvgIpc) is 4.15. The third-order valence-corrected chi connectivity index (χ3v) is 14.7. The fourth-order valence-electron chi connectivity index (χ4n) is 11.4. The predicted octanol–water partition coefficient (Wildman–Crippen LogP) is 18.1. The first-order valence-corrected chi connectivity index (χ1v) is 24.1. The number of anilines is 5. The van der Waals surface area contributed by atoms with Crippen molar-refractivity contribution < 1.29 is 9.15 Å². The van der Waals surface area contributed by atoms with E-state index in [1.807, 2.05) is 0 Å². The molecule has 4 nitrogen and oxygen atoms in total. The quantitative estimate of drug-likeness (QED) is 0.121. The van der Waals surface area contributed by atoms with Crippen molar-refractivity contribution in [3.05, 3.63) is 204 Å². The molecule has 0 radical (unpaired) electrons. The number of hydrogen-bond donors (Lipinski definition) is 0. The van der Waals surface area contributed by atoms with Crippen molar-refractivity contribution in [3.8, 4) is 5.75 Å². The summed E-state index contributed by atoms with van der Waals surface area (Å²) in [6.45, 7) is 6.68. The molecule has 0 amide bonds. The Morgan fingerprint density at radius 1 is 0.606 bits per heavy atom. The summed E-state index contributed by atoms with van der Waals surface area (Å²) in [6, 6.07) is 60.6. The van der Waals surface area contributed by atoms with E-state index in [4.69, 9.17) is 9.15 Å². The van der Waals surface area contributed by atoms with Crippen molar-refractivity contribution in [2.24, 2.45) is 0 Å². The number of rotatable bonds is 11. The van der Waals surface area contributed by atoms with Crippen molar-refractivity contribution in [2.75, 3.05) is 9.80 Å². The second-order valence-electron chi connectivity index (χ2n) is 18.4. The summed E-state index contributed by atoms with van der Waals surface area (Å²) in [5.74, 6) is 3.05. The van der Waals surface area contributed by atoms with E-state index in [9.17, 15) is 0 Å². The van der Waals surface area contributed by atoms with Crippen LogP contribution in [0.15, 0.2) is 192 Å². The van der Waals surface area contributed by atoms with Crippen LogP contribution in [0.4, 0.5) is 28.4 Å². The summed E-state index contributed by atoms with van der Waals surface area (Å²) in [6.07, 6.45) is 12.5. The van der Waals surface area contributed by atoms with Gasteiger partial charge in [-0.3, -0.25) is 0 Å². The summed E-state index contributed by atoms with van der Waals surface area (Å²) in [5, 5.41) is 9.55. The van der Waals surface area contributed by atoms with E-state index in [1.54, 1.807) is 0 Å². The molecule has 1 fully saturated rings. The second-order valence-corrected chi connectivity index (χ2v) is 18.4. The molecule has 66 heavy (non-hydrogen) atoms. The van der Waals surface area contributed by atoms with Gasteiger partial charge in [0.15, 0.2) is 5.58 Å². The summed E-state index contributed by atoms with van der Waals surface area (Å²) >= 11 is 0. The van der Waals surface area contributed by atoms with Gasteiger partial charge in [-0.25, -0.2) is 0 Å².